The van der Waals surface area contributed by atoms with Crippen LogP contribution in [0.15, 0.2) is 54.6 Å². The van der Waals surface area contributed by atoms with Gasteiger partial charge in [0.05, 0.1) is 39.5 Å². The lowest BCUT2D eigenvalue weighted by molar-refractivity contribution is -0.139. The highest BCUT2D eigenvalue weighted by molar-refractivity contribution is 5.82. The molecule has 1 saturated carbocycles. The number of nitrogens with zero attached hydrogens (tertiary/aromatic N) is 3. The maximum Gasteiger partial charge on any atom is 0.410 e. The maximum atomic E-state index is 14.8. The van der Waals surface area contributed by atoms with Gasteiger partial charge in [0.25, 0.3) is 0 Å². The monoisotopic (exact) mass is 719 g/mol. The molecule has 1 aliphatic heterocycles. The fraction of sp³-hybridized carbons (Fsp3) is 0.525. The van der Waals surface area contributed by atoms with Crippen LogP contribution in [0, 0.1) is 5.92 Å². The summed E-state index contributed by atoms with van der Waals surface area (Å²) in [5.41, 5.74) is 1.75. The van der Waals surface area contributed by atoms with E-state index in [2.05, 4.69) is 0 Å². The summed E-state index contributed by atoms with van der Waals surface area (Å²) in [6.45, 7) is 7.90. The number of benzene rings is 2. The van der Waals surface area contributed by atoms with Gasteiger partial charge in [0.1, 0.15) is 41.0 Å². The molecule has 2 amide bonds. The number of pyridine rings is 1. The average molecular weight is 720 g/mol. The first-order chi connectivity index (χ1) is 25.0. The Morgan fingerprint density at radius 3 is 2.10 bits per heavy atom. The van der Waals surface area contributed by atoms with Crippen LogP contribution < -0.4 is 23.7 Å². The van der Waals surface area contributed by atoms with Crippen LogP contribution in [-0.4, -0.2) is 93.2 Å². The van der Waals surface area contributed by atoms with Gasteiger partial charge in [-0.1, -0.05) is 6.07 Å². The molecule has 0 N–H and O–H groups in total. The summed E-state index contributed by atoms with van der Waals surface area (Å²) in [5.74, 6) is 2.38. The van der Waals surface area contributed by atoms with E-state index in [1.807, 2.05) is 62.1 Å². The van der Waals surface area contributed by atoms with Crippen molar-refractivity contribution in [2.24, 2.45) is 5.92 Å². The average Bonchev–Trinajstić information content (AvgIpc) is 3.99. The van der Waals surface area contributed by atoms with Crippen molar-refractivity contribution in [2.45, 2.75) is 77.2 Å². The number of aromatic nitrogens is 1. The van der Waals surface area contributed by atoms with Crippen molar-refractivity contribution in [3.63, 3.8) is 0 Å². The van der Waals surface area contributed by atoms with Crippen LogP contribution in [0.3, 0.4) is 0 Å². The van der Waals surface area contributed by atoms with Gasteiger partial charge in [0, 0.05) is 81.7 Å². The maximum absolute atomic E-state index is 14.8. The van der Waals surface area contributed by atoms with Gasteiger partial charge < -0.3 is 43.0 Å². The van der Waals surface area contributed by atoms with Crippen LogP contribution in [0.25, 0.3) is 0 Å². The van der Waals surface area contributed by atoms with Crippen molar-refractivity contribution in [1.82, 2.24) is 14.8 Å². The molecule has 0 spiro atoms. The van der Waals surface area contributed by atoms with E-state index < -0.39 is 17.6 Å². The standard InChI is InChI=1S/C40H53N3O9/c1-40(2,3)52-39(45)42-15-14-35(37-11-8-10-28(41-37)26-51-34-22-31(48-6)20-32(23-34)49-7)36(25-42)38(44)43(29-12-13-29)24-27-18-30(47-5)21-33(19-27)50-17-9-16-46-4/h8,10-11,18-23,29,35-36H,9,12-17,24-26H2,1-7H3/t35-,36-/m0/s1. The molecule has 2 atom stereocenters. The van der Waals surface area contributed by atoms with Crippen molar-refractivity contribution >= 4 is 12.0 Å². The molecule has 1 saturated heterocycles. The Labute approximate surface area is 307 Å². The molecule has 2 heterocycles. The van der Waals surface area contributed by atoms with Crippen molar-refractivity contribution in [3.05, 3.63) is 71.5 Å². The lowest BCUT2D eigenvalue weighted by Crippen LogP contribution is -2.51. The van der Waals surface area contributed by atoms with E-state index in [0.717, 1.165) is 30.5 Å². The molecule has 12 nitrogen and oxygen atoms in total. The zero-order valence-electron chi connectivity index (χ0n) is 31.5. The molecule has 1 aliphatic carbocycles. The Kier molecular flexibility index (Phi) is 13.1. The van der Waals surface area contributed by atoms with Gasteiger partial charge in [-0.25, -0.2) is 4.79 Å². The number of carbonyl (C=O) groups excluding carboxylic acids is 2. The Balaban J connectivity index is 1.40. The minimum atomic E-state index is -0.661. The number of likely N-dealkylation sites (tertiary alicyclic amines) is 1. The van der Waals surface area contributed by atoms with Gasteiger partial charge in [0.2, 0.25) is 5.91 Å². The first-order valence-corrected chi connectivity index (χ1v) is 17.9. The number of piperidine rings is 1. The molecule has 5 rings (SSSR count). The van der Waals surface area contributed by atoms with Crippen molar-refractivity contribution in [3.8, 4) is 28.7 Å². The Bertz CT molecular complexity index is 1630. The first kappa shape index (κ1) is 38.5. The molecule has 2 fully saturated rings. The summed E-state index contributed by atoms with van der Waals surface area (Å²) in [6.07, 6.45) is 2.72. The van der Waals surface area contributed by atoms with Gasteiger partial charge in [0.15, 0.2) is 0 Å². The third-order valence-corrected chi connectivity index (χ3v) is 9.06. The van der Waals surface area contributed by atoms with Crippen molar-refractivity contribution in [1.29, 1.82) is 0 Å². The summed E-state index contributed by atoms with van der Waals surface area (Å²) < 4.78 is 39.4. The number of carbonyl (C=O) groups is 2. The van der Waals surface area contributed by atoms with E-state index in [-0.39, 0.29) is 31.0 Å². The fourth-order valence-corrected chi connectivity index (χ4v) is 6.35. The number of amides is 2. The highest BCUT2D eigenvalue weighted by Gasteiger charge is 2.44. The van der Waals surface area contributed by atoms with Crippen LogP contribution in [0.2, 0.25) is 0 Å². The van der Waals surface area contributed by atoms with Gasteiger partial charge in [-0.15, -0.1) is 0 Å². The van der Waals surface area contributed by atoms with Gasteiger partial charge in [-0.2, -0.15) is 0 Å². The van der Waals surface area contributed by atoms with Crippen molar-refractivity contribution < 1.29 is 42.7 Å². The number of methoxy groups -OCH3 is 4. The second kappa shape index (κ2) is 17.7. The van der Waals surface area contributed by atoms with Crippen LogP contribution in [0.5, 0.6) is 28.7 Å². The third-order valence-electron chi connectivity index (χ3n) is 9.06. The zero-order valence-corrected chi connectivity index (χ0v) is 31.5. The molecule has 1 aromatic heterocycles. The van der Waals surface area contributed by atoms with Crippen LogP contribution in [0.4, 0.5) is 4.79 Å². The normalized spacial score (nSPS) is 17.2. The largest absolute Gasteiger partial charge is 0.497 e. The SMILES string of the molecule is COCCCOc1cc(CN(C(=O)[C@H]2CN(C(=O)OC(C)(C)C)CC[C@@H]2c2cccc(COc3cc(OC)cc(OC)c3)n2)C2CC2)cc(OC)c1. The lowest BCUT2D eigenvalue weighted by atomic mass is 9.81. The molecular weight excluding hydrogens is 666 g/mol. The first-order valence-electron chi connectivity index (χ1n) is 17.9. The number of ether oxygens (including phenoxy) is 7. The quantitative estimate of drug-likeness (QED) is 0.149. The highest BCUT2D eigenvalue weighted by atomic mass is 16.6. The number of hydrogen-bond acceptors (Lipinski definition) is 10. The van der Waals surface area contributed by atoms with Crippen LogP contribution in [0.1, 0.15) is 69.3 Å². The molecular formula is C40H53N3O9. The van der Waals surface area contributed by atoms with Gasteiger partial charge in [-0.3, -0.25) is 9.78 Å². The summed E-state index contributed by atoms with van der Waals surface area (Å²) in [6, 6.07) is 17.0. The van der Waals surface area contributed by atoms with Gasteiger partial charge in [-0.05, 0) is 69.9 Å². The second-order valence-electron chi connectivity index (χ2n) is 14.2. The van der Waals surface area contributed by atoms with Gasteiger partial charge >= 0.3 is 6.09 Å². The molecule has 0 bridgehead atoms. The predicted molar refractivity (Wildman–Crippen MR) is 195 cm³/mol. The number of hydrogen-bond donors (Lipinski definition) is 0. The van der Waals surface area contributed by atoms with E-state index >= 15 is 0 Å². The van der Waals surface area contributed by atoms with E-state index in [4.69, 9.17) is 38.1 Å². The van der Waals surface area contributed by atoms with Crippen LogP contribution >= 0.6 is 0 Å². The molecule has 0 unspecified atom stereocenters. The molecule has 3 aromatic rings. The summed E-state index contributed by atoms with van der Waals surface area (Å²) >= 11 is 0. The summed E-state index contributed by atoms with van der Waals surface area (Å²) in [4.78, 5) is 36.8. The molecule has 282 valence electrons. The predicted octanol–water partition coefficient (Wildman–Crippen LogP) is 6.63. The summed E-state index contributed by atoms with van der Waals surface area (Å²) in [5, 5.41) is 0. The molecule has 52 heavy (non-hydrogen) atoms. The minimum Gasteiger partial charge on any atom is -0.497 e. The van der Waals surface area contributed by atoms with Crippen LogP contribution in [-0.2, 0) is 27.4 Å². The van der Waals surface area contributed by atoms with E-state index in [9.17, 15) is 9.59 Å². The van der Waals surface area contributed by atoms with E-state index in [1.54, 1.807) is 51.5 Å². The number of rotatable bonds is 16. The Hall–Kier alpha value is -4.71. The lowest BCUT2D eigenvalue weighted by Gasteiger charge is -2.40. The smallest absolute Gasteiger partial charge is 0.410 e. The zero-order chi connectivity index (χ0) is 37.3. The Morgan fingerprint density at radius 1 is 0.827 bits per heavy atom. The Morgan fingerprint density at radius 2 is 1.46 bits per heavy atom. The summed E-state index contributed by atoms with van der Waals surface area (Å²) in [7, 11) is 6.47. The molecule has 2 aromatic carbocycles. The second-order valence-corrected chi connectivity index (χ2v) is 14.2. The minimum absolute atomic E-state index is 0.0157. The third kappa shape index (κ3) is 10.7. The highest BCUT2D eigenvalue weighted by Crippen LogP contribution is 2.38. The van der Waals surface area contributed by atoms with E-state index in [0.29, 0.717) is 67.2 Å². The molecule has 12 heteroatoms. The van der Waals surface area contributed by atoms with Crippen molar-refractivity contribution in [2.75, 3.05) is 54.7 Å². The molecule has 0 radical (unpaired) electrons. The molecule has 2 aliphatic rings. The van der Waals surface area contributed by atoms with E-state index in [1.165, 1.54) is 0 Å². The fourth-order valence-electron chi connectivity index (χ4n) is 6.35. The topological polar surface area (TPSA) is 118 Å².